The van der Waals surface area contributed by atoms with Gasteiger partial charge in [-0.1, -0.05) is 54.6 Å². The quantitative estimate of drug-likeness (QED) is 0.548. The van der Waals surface area contributed by atoms with Gasteiger partial charge in [0.2, 0.25) is 0 Å². The third-order valence-corrected chi connectivity index (χ3v) is 6.92. The van der Waals surface area contributed by atoms with Crippen LogP contribution in [0.25, 0.3) is 0 Å². The molecule has 2 atom stereocenters. The third kappa shape index (κ3) is 3.22. The topological polar surface area (TPSA) is 49.9 Å². The molecule has 0 unspecified atom stereocenters. The van der Waals surface area contributed by atoms with Crippen molar-refractivity contribution in [3.63, 3.8) is 0 Å². The summed E-state index contributed by atoms with van der Waals surface area (Å²) in [5.74, 6) is -0.320. The van der Waals surface area contributed by atoms with Crippen molar-refractivity contribution >= 4 is 17.6 Å². The third-order valence-electron chi connectivity index (χ3n) is 6.92. The van der Waals surface area contributed by atoms with Crippen LogP contribution < -0.4 is 4.90 Å². The number of hydrogen-bond donors (Lipinski definition) is 0. The maximum absolute atomic E-state index is 13.8. The zero-order chi connectivity index (χ0) is 23.2. The van der Waals surface area contributed by atoms with Crippen molar-refractivity contribution in [2.75, 3.05) is 25.6 Å². The summed E-state index contributed by atoms with van der Waals surface area (Å²) in [6, 6.07) is 23.3. The minimum atomic E-state index is -0.970. The summed E-state index contributed by atoms with van der Waals surface area (Å²) in [7, 11) is 4.01. The molecule has 5 rings (SSSR count). The van der Waals surface area contributed by atoms with E-state index in [4.69, 9.17) is 4.74 Å². The first-order valence-electron chi connectivity index (χ1n) is 11.4. The lowest BCUT2D eigenvalue weighted by Gasteiger charge is -2.45. The van der Waals surface area contributed by atoms with E-state index >= 15 is 0 Å². The van der Waals surface area contributed by atoms with Crippen molar-refractivity contribution in [2.45, 2.75) is 31.3 Å². The summed E-state index contributed by atoms with van der Waals surface area (Å²) in [5, 5.41) is 0. The summed E-state index contributed by atoms with van der Waals surface area (Å²) in [6.07, 6.45) is 0.503. The molecule has 3 aromatic carbocycles. The molecule has 0 saturated carbocycles. The van der Waals surface area contributed by atoms with Crippen LogP contribution in [0.15, 0.2) is 72.8 Å². The van der Waals surface area contributed by atoms with Gasteiger partial charge in [-0.15, -0.1) is 0 Å². The molecule has 0 radical (unpaired) electrons. The highest BCUT2D eigenvalue weighted by molar-refractivity contribution is 6.03. The zero-order valence-electron chi connectivity index (χ0n) is 19.2. The monoisotopic (exact) mass is 440 g/mol. The molecule has 5 nitrogen and oxygen atoms in total. The molecule has 5 heteroatoms. The molecule has 0 fully saturated rings. The Balaban J connectivity index is 1.75. The molecule has 0 aromatic heterocycles. The fraction of sp³-hybridized carbons (Fsp3) is 0.286. The Morgan fingerprint density at radius 1 is 1.06 bits per heavy atom. The van der Waals surface area contributed by atoms with Gasteiger partial charge in [-0.05, 0) is 53.8 Å². The number of amides is 1. The van der Waals surface area contributed by atoms with Gasteiger partial charge >= 0.3 is 5.97 Å². The molecule has 1 heterocycles. The second-order valence-corrected chi connectivity index (χ2v) is 9.01. The molecule has 1 aliphatic heterocycles. The molecular weight excluding hydrogens is 412 g/mol. The number of carbonyl (C=O) groups is 2. The van der Waals surface area contributed by atoms with Gasteiger partial charge in [0.25, 0.3) is 5.91 Å². The lowest BCUT2D eigenvalue weighted by Crippen LogP contribution is -2.54. The number of hydrogen-bond acceptors (Lipinski definition) is 4. The van der Waals surface area contributed by atoms with E-state index < -0.39 is 11.5 Å². The van der Waals surface area contributed by atoms with Crippen molar-refractivity contribution in [3.8, 4) is 0 Å². The van der Waals surface area contributed by atoms with E-state index in [1.807, 2.05) is 80.5 Å². The number of benzene rings is 3. The van der Waals surface area contributed by atoms with Crippen LogP contribution in [0, 0.1) is 0 Å². The van der Waals surface area contributed by atoms with Gasteiger partial charge < -0.3 is 14.5 Å². The summed E-state index contributed by atoms with van der Waals surface area (Å²) in [5.41, 5.74) is 4.59. The molecule has 3 aromatic rings. The molecule has 0 saturated heterocycles. The van der Waals surface area contributed by atoms with Crippen LogP contribution in [0.2, 0.25) is 0 Å². The summed E-state index contributed by atoms with van der Waals surface area (Å²) < 4.78 is 5.70. The average Bonchev–Trinajstić information content (AvgIpc) is 3.18. The van der Waals surface area contributed by atoms with Crippen LogP contribution in [-0.4, -0.2) is 37.5 Å². The standard InChI is InChI=1S/C28H28N2O3/c1-4-33-27(32)28-17-20-16-21(29(2)3)14-15-22(20)25(28)30(18-19-10-6-5-7-11-19)26(31)23-12-8-9-13-24(23)28/h5-16,25H,4,17-18H2,1-3H3/t25-,28+/m1/s1. The smallest absolute Gasteiger partial charge is 0.319 e. The van der Waals surface area contributed by atoms with Crippen molar-refractivity contribution in [2.24, 2.45) is 0 Å². The molecule has 0 N–H and O–H groups in total. The second-order valence-electron chi connectivity index (χ2n) is 9.01. The molecule has 2 aliphatic rings. The molecule has 1 aliphatic carbocycles. The second kappa shape index (κ2) is 8.07. The first-order chi connectivity index (χ1) is 16.0. The number of carbonyl (C=O) groups excluding carboxylic acids is 2. The number of ether oxygens (including phenoxy) is 1. The maximum atomic E-state index is 13.8. The first-order valence-corrected chi connectivity index (χ1v) is 11.4. The lowest BCUT2D eigenvalue weighted by molar-refractivity contribution is -0.153. The Kier molecular flexibility index (Phi) is 5.20. The van der Waals surface area contributed by atoms with E-state index in [1.54, 1.807) is 0 Å². The van der Waals surface area contributed by atoms with Crippen molar-refractivity contribution in [1.29, 1.82) is 0 Å². The first kappa shape index (κ1) is 21.3. The van der Waals surface area contributed by atoms with Crippen LogP contribution in [0.1, 0.15) is 45.6 Å². The Hall–Kier alpha value is -3.60. The number of rotatable bonds is 5. The Morgan fingerprint density at radius 2 is 1.79 bits per heavy atom. The van der Waals surface area contributed by atoms with Crippen molar-refractivity contribution in [3.05, 3.63) is 101 Å². The van der Waals surface area contributed by atoms with Gasteiger partial charge in [-0.3, -0.25) is 9.59 Å². The largest absolute Gasteiger partial charge is 0.465 e. The predicted octanol–water partition coefficient (Wildman–Crippen LogP) is 4.51. The Morgan fingerprint density at radius 3 is 2.52 bits per heavy atom. The normalized spacial score (nSPS) is 20.6. The Bertz CT molecular complexity index is 1220. The average molecular weight is 441 g/mol. The van der Waals surface area contributed by atoms with Crippen molar-refractivity contribution < 1.29 is 14.3 Å². The number of nitrogens with zero attached hydrogens (tertiary/aromatic N) is 2. The van der Waals surface area contributed by atoms with Crippen LogP contribution in [0.5, 0.6) is 0 Å². The van der Waals surface area contributed by atoms with Crippen LogP contribution in [-0.2, 0) is 27.9 Å². The summed E-state index contributed by atoms with van der Waals surface area (Å²) in [4.78, 5) is 31.5. The van der Waals surface area contributed by atoms with Gasteiger partial charge in [-0.25, -0.2) is 0 Å². The van der Waals surface area contributed by atoms with Gasteiger partial charge in [-0.2, -0.15) is 0 Å². The van der Waals surface area contributed by atoms with Gasteiger partial charge in [0.05, 0.1) is 12.6 Å². The fourth-order valence-electron chi connectivity index (χ4n) is 5.46. The molecule has 1 amide bonds. The van der Waals surface area contributed by atoms with Crippen LogP contribution in [0.3, 0.4) is 0 Å². The van der Waals surface area contributed by atoms with Crippen LogP contribution >= 0.6 is 0 Å². The maximum Gasteiger partial charge on any atom is 0.319 e. The van der Waals surface area contributed by atoms with E-state index in [-0.39, 0.29) is 11.9 Å². The van der Waals surface area contributed by atoms with E-state index in [9.17, 15) is 9.59 Å². The van der Waals surface area contributed by atoms with E-state index in [2.05, 4.69) is 23.1 Å². The number of esters is 1. The fourth-order valence-corrected chi connectivity index (χ4v) is 5.46. The molecule has 33 heavy (non-hydrogen) atoms. The number of fused-ring (bicyclic) bond motifs is 5. The van der Waals surface area contributed by atoms with Gasteiger partial charge in [0.1, 0.15) is 5.41 Å². The van der Waals surface area contributed by atoms with Gasteiger partial charge in [0.15, 0.2) is 0 Å². The Labute approximate surface area is 194 Å². The molecule has 0 bridgehead atoms. The summed E-state index contributed by atoms with van der Waals surface area (Å²) in [6.45, 7) is 2.55. The van der Waals surface area contributed by atoms with Crippen molar-refractivity contribution in [1.82, 2.24) is 4.90 Å². The minimum Gasteiger partial charge on any atom is -0.465 e. The minimum absolute atomic E-state index is 0.0519. The van der Waals surface area contributed by atoms with Gasteiger partial charge in [0, 0.05) is 31.9 Å². The SMILES string of the molecule is CCOC(=O)[C@]12Cc3cc(N(C)C)ccc3[C@H]1N(Cc1ccccc1)C(=O)c1ccccc12. The highest BCUT2D eigenvalue weighted by Crippen LogP contribution is 2.56. The molecular formula is C28H28N2O3. The van der Waals surface area contributed by atoms with E-state index in [1.165, 1.54) is 0 Å². The highest BCUT2D eigenvalue weighted by Gasteiger charge is 2.61. The van der Waals surface area contributed by atoms with Crippen LogP contribution in [0.4, 0.5) is 5.69 Å². The van der Waals surface area contributed by atoms with E-state index in [0.717, 1.165) is 27.9 Å². The lowest BCUT2D eigenvalue weighted by atomic mass is 9.69. The summed E-state index contributed by atoms with van der Waals surface area (Å²) >= 11 is 0. The number of anilines is 1. The highest BCUT2D eigenvalue weighted by atomic mass is 16.5. The zero-order valence-corrected chi connectivity index (χ0v) is 19.2. The predicted molar refractivity (Wildman–Crippen MR) is 128 cm³/mol. The van der Waals surface area contributed by atoms with E-state index in [0.29, 0.717) is 25.1 Å². The molecule has 0 spiro atoms. The molecule has 168 valence electrons.